The lowest BCUT2D eigenvalue weighted by molar-refractivity contribution is 0.600. The van der Waals surface area contributed by atoms with Gasteiger partial charge in [-0.15, -0.1) is 11.3 Å². The molecule has 2 N–H and O–H groups in total. The Bertz CT molecular complexity index is 713. The van der Waals surface area contributed by atoms with E-state index < -0.39 is 10.0 Å². The van der Waals surface area contributed by atoms with Crippen LogP contribution in [0.2, 0.25) is 0 Å². The van der Waals surface area contributed by atoms with Gasteiger partial charge in [0.1, 0.15) is 4.90 Å². The highest BCUT2D eigenvalue weighted by Crippen LogP contribution is 2.26. The molecule has 0 aliphatic rings. The average molecular weight is 376 g/mol. The number of nitrogens with one attached hydrogen (secondary N) is 2. The molecule has 0 aliphatic heterocycles. The van der Waals surface area contributed by atoms with Crippen molar-refractivity contribution in [2.24, 2.45) is 0 Å². The van der Waals surface area contributed by atoms with E-state index >= 15 is 0 Å². The minimum atomic E-state index is -3.65. The Morgan fingerprint density at radius 1 is 1.40 bits per heavy atom. The fourth-order valence-electron chi connectivity index (χ4n) is 1.64. The Balaban J connectivity index is 2.35. The first-order valence-corrected chi connectivity index (χ1v) is 8.96. The summed E-state index contributed by atoms with van der Waals surface area (Å²) in [6, 6.07) is 5.24. The maximum Gasteiger partial charge on any atom is 0.264 e. The first kappa shape index (κ1) is 15.4. The molecular formula is C12H14BrN3O2S2. The number of benzene rings is 1. The normalized spacial score (nSPS) is 11.6. The van der Waals surface area contributed by atoms with Crippen LogP contribution in [0.1, 0.15) is 11.3 Å². The maximum atomic E-state index is 12.4. The molecule has 0 fully saturated rings. The molecule has 8 heteroatoms. The summed E-state index contributed by atoms with van der Waals surface area (Å²) in [5.74, 6) is 0. The van der Waals surface area contributed by atoms with E-state index in [9.17, 15) is 8.42 Å². The summed E-state index contributed by atoms with van der Waals surface area (Å²) in [4.78, 5) is 4.32. The third-order valence-electron chi connectivity index (χ3n) is 2.51. The number of thiazole rings is 1. The largest absolute Gasteiger partial charge is 0.316 e. The zero-order valence-electron chi connectivity index (χ0n) is 11.0. The molecular weight excluding hydrogens is 362 g/mol. The summed E-state index contributed by atoms with van der Waals surface area (Å²) in [5, 5.41) is 5.16. The predicted molar refractivity (Wildman–Crippen MR) is 84.6 cm³/mol. The number of halogens is 1. The van der Waals surface area contributed by atoms with E-state index in [1.165, 1.54) is 11.3 Å². The highest BCUT2D eigenvalue weighted by molar-refractivity contribution is 9.10. The second-order valence-electron chi connectivity index (χ2n) is 4.19. The van der Waals surface area contributed by atoms with Crippen LogP contribution in [0.3, 0.4) is 0 Å². The molecule has 0 amide bonds. The first-order chi connectivity index (χ1) is 9.42. The number of sulfonamides is 1. The van der Waals surface area contributed by atoms with Crippen LogP contribution in [-0.2, 0) is 16.6 Å². The predicted octanol–water partition coefficient (Wildman–Crippen LogP) is 2.73. The molecule has 0 spiro atoms. The van der Waals surface area contributed by atoms with Crippen LogP contribution in [-0.4, -0.2) is 20.4 Å². The Morgan fingerprint density at radius 2 is 2.15 bits per heavy atom. The zero-order chi connectivity index (χ0) is 14.8. The van der Waals surface area contributed by atoms with Crippen molar-refractivity contribution < 1.29 is 8.42 Å². The Morgan fingerprint density at radius 3 is 2.75 bits per heavy atom. The van der Waals surface area contributed by atoms with Crippen molar-refractivity contribution >= 4 is 42.4 Å². The average Bonchev–Trinajstić information content (AvgIpc) is 2.76. The van der Waals surface area contributed by atoms with Crippen molar-refractivity contribution in [2.45, 2.75) is 18.4 Å². The Hall–Kier alpha value is -0.960. The van der Waals surface area contributed by atoms with Crippen LogP contribution in [0.4, 0.5) is 5.13 Å². The topological polar surface area (TPSA) is 71.1 Å². The van der Waals surface area contributed by atoms with Gasteiger partial charge in [-0.3, -0.25) is 4.72 Å². The van der Waals surface area contributed by atoms with Crippen LogP contribution in [0, 0.1) is 6.92 Å². The van der Waals surface area contributed by atoms with Gasteiger partial charge in [-0.25, -0.2) is 13.4 Å². The molecule has 0 radical (unpaired) electrons. The van der Waals surface area contributed by atoms with E-state index in [0.29, 0.717) is 16.1 Å². The van der Waals surface area contributed by atoms with Crippen LogP contribution in [0.5, 0.6) is 0 Å². The van der Waals surface area contributed by atoms with Gasteiger partial charge in [0.25, 0.3) is 10.0 Å². The van der Waals surface area contributed by atoms with Gasteiger partial charge in [-0.1, -0.05) is 6.07 Å². The SMILES string of the molecule is CNCc1ccc(Br)c(S(=O)(=O)Nc2nc(C)cs2)c1. The standard InChI is InChI=1S/C12H14BrN3O2S2/c1-8-7-19-12(15-8)16-20(17,18)11-5-9(6-14-2)3-4-10(11)13/h3-5,7,14H,6H2,1-2H3,(H,15,16). The van der Waals surface area contributed by atoms with Crippen LogP contribution in [0.25, 0.3) is 0 Å². The molecule has 0 saturated carbocycles. The summed E-state index contributed by atoms with van der Waals surface area (Å²) in [7, 11) is -1.84. The van der Waals surface area contributed by atoms with Crippen molar-refractivity contribution in [2.75, 3.05) is 11.8 Å². The molecule has 0 atom stereocenters. The molecule has 108 valence electrons. The first-order valence-electron chi connectivity index (χ1n) is 5.80. The molecule has 0 aliphatic carbocycles. The number of aromatic nitrogens is 1. The molecule has 20 heavy (non-hydrogen) atoms. The smallest absolute Gasteiger partial charge is 0.264 e. The number of hydrogen-bond donors (Lipinski definition) is 2. The summed E-state index contributed by atoms with van der Waals surface area (Å²) in [6.45, 7) is 2.42. The molecule has 0 unspecified atom stereocenters. The Kier molecular flexibility index (Phi) is 4.79. The molecule has 1 heterocycles. The van der Waals surface area contributed by atoms with Crippen molar-refractivity contribution in [1.29, 1.82) is 0 Å². The molecule has 0 saturated heterocycles. The minimum Gasteiger partial charge on any atom is -0.316 e. The summed E-state index contributed by atoms with van der Waals surface area (Å²) in [5.41, 5.74) is 1.68. The number of nitrogens with zero attached hydrogens (tertiary/aromatic N) is 1. The van der Waals surface area contributed by atoms with Gasteiger partial charge in [-0.05, 0) is 47.6 Å². The molecule has 0 bridgehead atoms. The highest BCUT2D eigenvalue weighted by atomic mass is 79.9. The molecule has 5 nitrogen and oxygen atoms in total. The monoisotopic (exact) mass is 375 g/mol. The van der Waals surface area contributed by atoms with Gasteiger partial charge in [0, 0.05) is 16.4 Å². The third kappa shape index (κ3) is 3.57. The van der Waals surface area contributed by atoms with Crippen molar-refractivity contribution in [1.82, 2.24) is 10.3 Å². The zero-order valence-corrected chi connectivity index (χ0v) is 14.2. The van der Waals surface area contributed by atoms with Gasteiger partial charge in [0.05, 0.1) is 5.69 Å². The summed E-state index contributed by atoms with van der Waals surface area (Å²) in [6.07, 6.45) is 0. The van der Waals surface area contributed by atoms with Gasteiger partial charge in [-0.2, -0.15) is 0 Å². The maximum absolute atomic E-state index is 12.4. The van der Waals surface area contributed by atoms with Crippen molar-refractivity contribution in [3.05, 3.63) is 39.3 Å². The van der Waals surface area contributed by atoms with Crippen molar-refractivity contribution in [3.63, 3.8) is 0 Å². The number of rotatable bonds is 5. The molecule has 2 rings (SSSR count). The lowest BCUT2D eigenvalue weighted by atomic mass is 10.2. The van der Waals surface area contributed by atoms with E-state index in [2.05, 4.69) is 31.0 Å². The highest BCUT2D eigenvalue weighted by Gasteiger charge is 2.19. The van der Waals surface area contributed by atoms with E-state index in [1.54, 1.807) is 17.5 Å². The minimum absolute atomic E-state index is 0.207. The van der Waals surface area contributed by atoms with Gasteiger partial charge >= 0.3 is 0 Å². The van der Waals surface area contributed by atoms with E-state index in [0.717, 1.165) is 11.3 Å². The number of anilines is 1. The van der Waals surface area contributed by atoms with Gasteiger partial charge in [0.2, 0.25) is 0 Å². The third-order valence-corrected chi connectivity index (χ3v) is 5.84. The lowest BCUT2D eigenvalue weighted by Crippen LogP contribution is -2.14. The number of aryl methyl sites for hydroxylation is 1. The Labute approximate surface area is 130 Å². The molecule has 1 aromatic carbocycles. The van der Waals surface area contributed by atoms with Gasteiger partial charge < -0.3 is 5.32 Å². The fourth-order valence-corrected chi connectivity index (χ4v) is 4.59. The van der Waals surface area contributed by atoms with E-state index in [4.69, 9.17) is 0 Å². The fraction of sp³-hybridized carbons (Fsp3) is 0.250. The lowest BCUT2D eigenvalue weighted by Gasteiger charge is -2.09. The van der Waals surface area contributed by atoms with E-state index in [-0.39, 0.29) is 4.90 Å². The van der Waals surface area contributed by atoms with Crippen LogP contribution < -0.4 is 10.0 Å². The van der Waals surface area contributed by atoms with Crippen LogP contribution >= 0.6 is 27.3 Å². The van der Waals surface area contributed by atoms with E-state index in [1.807, 2.05) is 20.0 Å². The van der Waals surface area contributed by atoms with Crippen LogP contribution in [0.15, 0.2) is 32.9 Å². The molecule has 1 aromatic heterocycles. The molecule has 2 aromatic rings. The second kappa shape index (κ2) is 6.21. The quantitative estimate of drug-likeness (QED) is 0.842. The van der Waals surface area contributed by atoms with Crippen molar-refractivity contribution in [3.8, 4) is 0 Å². The summed E-state index contributed by atoms with van der Waals surface area (Å²) < 4.78 is 27.8. The number of hydrogen-bond acceptors (Lipinski definition) is 5. The van der Waals surface area contributed by atoms with Gasteiger partial charge in [0.15, 0.2) is 5.13 Å². The summed E-state index contributed by atoms with van der Waals surface area (Å²) >= 11 is 4.54. The second-order valence-corrected chi connectivity index (χ2v) is 7.56.